The normalized spacial score (nSPS) is 21.9. The summed E-state index contributed by atoms with van der Waals surface area (Å²) in [5, 5.41) is 0.677. The van der Waals surface area contributed by atoms with Gasteiger partial charge in [0.1, 0.15) is 11.0 Å². The molecule has 0 spiro atoms. The third kappa shape index (κ3) is 3.02. The molecule has 0 radical (unpaired) electrons. The summed E-state index contributed by atoms with van der Waals surface area (Å²) in [6, 6.07) is 7.65. The van der Waals surface area contributed by atoms with Crippen LogP contribution < -0.4 is 0 Å². The van der Waals surface area contributed by atoms with Gasteiger partial charge in [0.25, 0.3) is 5.91 Å². The van der Waals surface area contributed by atoms with Gasteiger partial charge in [-0.25, -0.2) is 4.98 Å². The number of hydrogen-bond acceptors (Lipinski definition) is 4. The molecule has 22 heavy (non-hydrogen) atoms. The van der Waals surface area contributed by atoms with Crippen LogP contribution in [0.15, 0.2) is 29.8 Å². The molecule has 1 fully saturated rings. The van der Waals surface area contributed by atoms with Gasteiger partial charge in [-0.05, 0) is 31.5 Å². The lowest BCUT2D eigenvalue weighted by Gasteiger charge is -2.38. The quantitative estimate of drug-likeness (QED) is 0.839. The molecule has 0 N–H and O–H groups in total. The van der Waals surface area contributed by atoms with Crippen LogP contribution >= 0.6 is 22.9 Å². The number of nitrogens with zero attached hydrogens (tertiary/aromatic N) is 2. The highest BCUT2D eigenvalue weighted by atomic mass is 35.5. The van der Waals surface area contributed by atoms with Crippen LogP contribution in [0.5, 0.6) is 0 Å². The summed E-state index contributed by atoms with van der Waals surface area (Å²) in [6.45, 7) is 4.91. The first-order valence-electron chi connectivity index (χ1n) is 7.14. The molecule has 1 aliphatic heterocycles. The first-order valence-corrected chi connectivity index (χ1v) is 8.40. The first-order chi connectivity index (χ1) is 10.6. The van der Waals surface area contributed by atoms with E-state index in [0.717, 1.165) is 11.3 Å². The van der Waals surface area contributed by atoms with Crippen molar-refractivity contribution < 1.29 is 9.53 Å². The molecule has 0 unspecified atom stereocenters. The van der Waals surface area contributed by atoms with Crippen LogP contribution in [0.2, 0.25) is 5.02 Å². The van der Waals surface area contributed by atoms with Gasteiger partial charge < -0.3 is 9.64 Å². The molecular formula is C16H17ClN2O2S. The van der Waals surface area contributed by atoms with E-state index in [-0.39, 0.29) is 18.1 Å². The molecule has 1 saturated heterocycles. The van der Waals surface area contributed by atoms with Gasteiger partial charge in [0.15, 0.2) is 0 Å². The predicted molar refractivity (Wildman–Crippen MR) is 87.5 cm³/mol. The molecule has 0 saturated carbocycles. The number of hydrogen-bond donors (Lipinski definition) is 0. The van der Waals surface area contributed by atoms with Crippen LogP contribution in [-0.2, 0) is 4.74 Å². The van der Waals surface area contributed by atoms with E-state index in [0.29, 0.717) is 23.1 Å². The van der Waals surface area contributed by atoms with Gasteiger partial charge in [-0.1, -0.05) is 23.7 Å². The fourth-order valence-electron chi connectivity index (χ4n) is 2.59. The molecule has 6 heteroatoms. The second-order valence-corrected chi connectivity index (χ2v) is 6.74. The van der Waals surface area contributed by atoms with Crippen molar-refractivity contribution in [3.05, 3.63) is 50.9 Å². The number of halogens is 1. The lowest BCUT2D eigenvalue weighted by molar-refractivity contribution is -0.0485. The van der Waals surface area contributed by atoms with Gasteiger partial charge in [0.05, 0.1) is 30.4 Å². The molecule has 0 bridgehead atoms. The molecule has 3 rings (SSSR count). The summed E-state index contributed by atoms with van der Waals surface area (Å²) in [4.78, 5) is 19.5. The summed E-state index contributed by atoms with van der Waals surface area (Å²) < 4.78 is 5.89. The van der Waals surface area contributed by atoms with E-state index < -0.39 is 0 Å². The Morgan fingerprint density at radius 1 is 1.50 bits per heavy atom. The maximum Gasteiger partial charge on any atom is 0.266 e. The van der Waals surface area contributed by atoms with Gasteiger partial charge in [-0.15, -0.1) is 11.3 Å². The Kier molecular flexibility index (Phi) is 4.47. The van der Waals surface area contributed by atoms with E-state index in [4.69, 9.17) is 16.3 Å². The van der Waals surface area contributed by atoms with E-state index in [9.17, 15) is 4.79 Å². The molecule has 1 amide bonds. The van der Waals surface area contributed by atoms with Crippen molar-refractivity contribution in [3.63, 3.8) is 0 Å². The largest absolute Gasteiger partial charge is 0.370 e. The van der Waals surface area contributed by atoms with E-state index in [1.54, 1.807) is 5.51 Å². The van der Waals surface area contributed by atoms with Gasteiger partial charge >= 0.3 is 0 Å². The number of rotatable bonds is 2. The van der Waals surface area contributed by atoms with Crippen molar-refractivity contribution in [2.75, 3.05) is 13.2 Å². The average Bonchev–Trinajstić information content (AvgIpc) is 2.93. The molecule has 1 aliphatic rings. The highest BCUT2D eigenvalue weighted by molar-refractivity contribution is 7.11. The molecule has 0 aliphatic carbocycles. The number of carbonyl (C=O) groups is 1. The van der Waals surface area contributed by atoms with Crippen molar-refractivity contribution >= 4 is 28.8 Å². The Balaban J connectivity index is 1.82. The summed E-state index contributed by atoms with van der Waals surface area (Å²) in [6.07, 6.45) is -0.146. The Hall–Kier alpha value is -1.43. The molecule has 2 atom stereocenters. The fourth-order valence-corrected chi connectivity index (χ4v) is 3.54. The summed E-state index contributed by atoms with van der Waals surface area (Å²) in [5.74, 6) is 0.0304. The fraction of sp³-hybridized carbons (Fsp3) is 0.375. The van der Waals surface area contributed by atoms with Crippen molar-refractivity contribution in [3.8, 4) is 0 Å². The second-order valence-electron chi connectivity index (χ2n) is 5.45. The van der Waals surface area contributed by atoms with Gasteiger partial charge in [-0.2, -0.15) is 0 Å². The van der Waals surface area contributed by atoms with Gasteiger partial charge in [-0.3, -0.25) is 4.79 Å². The lowest BCUT2D eigenvalue weighted by Crippen LogP contribution is -2.48. The van der Waals surface area contributed by atoms with Crippen LogP contribution in [0, 0.1) is 6.92 Å². The Bertz CT molecular complexity index is 688. The Labute approximate surface area is 138 Å². The standard InChI is InChI=1S/C16H17ClN2O2S/c1-10-8-21-14(12-4-3-5-13(17)6-12)7-19(10)16(20)15-11(2)18-9-22-15/h3-6,9-10,14H,7-8H2,1-2H3/t10-,14-/m1/s1. The minimum Gasteiger partial charge on any atom is -0.370 e. The van der Waals surface area contributed by atoms with E-state index in [1.165, 1.54) is 11.3 Å². The Morgan fingerprint density at radius 3 is 3.00 bits per heavy atom. The number of ether oxygens (including phenoxy) is 1. The predicted octanol–water partition coefficient (Wildman–Crippen LogP) is 3.71. The zero-order valence-corrected chi connectivity index (χ0v) is 14.0. The SMILES string of the molecule is Cc1ncsc1C(=O)N1C[C@H](c2cccc(Cl)c2)OC[C@H]1C. The van der Waals surface area contributed by atoms with Crippen molar-refractivity contribution in [1.29, 1.82) is 0 Å². The van der Waals surface area contributed by atoms with Gasteiger partial charge in [0.2, 0.25) is 0 Å². The first kappa shape index (κ1) is 15.5. The number of morpholine rings is 1. The van der Waals surface area contributed by atoms with E-state index >= 15 is 0 Å². The second kappa shape index (κ2) is 6.36. The summed E-state index contributed by atoms with van der Waals surface area (Å²) in [7, 11) is 0. The molecule has 1 aromatic heterocycles. The lowest BCUT2D eigenvalue weighted by atomic mass is 10.1. The van der Waals surface area contributed by atoms with Crippen LogP contribution in [0.1, 0.15) is 34.0 Å². The number of carbonyl (C=O) groups excluding carboxylic acids is 1. The maximum atomic E-state index is 12.8. The van der Waals surface area contributed by atoms with Gasteiger partial charge in [0, 0.05) is 5.02 Å². The summed E-state index contributed by atoms with van der Waals surface area (Å²) in [5.41, 5.74) is 3.49. The number of amides is 1. The van der Waals surface area contributed by atoms with Crippen LogP contribution in [0.4, 0.5) is 0 Å². The maximum absolute atomic E-state index is 12.8. The van der Waals surface area contributed by atoms with Crippen molar-refractivity contribution in [2.45, 2.75) is 26.0 Å². The minimum absolute atomic E-state index is 0.0304. The molecule has 1 aromatic carbocycles. The van der Waals surface area contributed by atoms with E-state index in [1.807, 2.05) is 43.0 Å². The molecule has 2 aromatic rings. The number of aromatic nitrogens is 1. The van der Waals surface area contributed by atoms with Crippen molar-refractivity contribution in [2.24, 2.45) is 0 Å². The number of benzene rings is 1. The monoisotopic (exact) mass is 336 g/mol. The highest BCUT2D eigenvalue weighted by Gasteiger charge is 2.32. The highest BCUT2D eigenvalue weighted by Crippen LogP contribution is 2.28. The molecular weight excluding hydrogens is 320 g/mol. The summed E-state index contributed by atoms with van der Waals surface area (Å²) >= 11 is 7.44. The zero-order chi connectivity index (χ0) is 15.7. The Morgan fingerprint density at radius 2 is 2.32 bits per heavy atom. The number of aryl methyl sites for hydroxylation is 1. The topological polar surface area (TPSA) is 42.4 Å². The van der Waals surface area contributed by atoms with E-state index in [2.05, 4.69) is 4.98 Å². The minimum atomic E-state index is -0.146. The van der Waals surface area contributed by atoms with Crippen LogP contribution in [0.25, 0.3) is 0 Å². The third-order valence-corrected chi connectivity index (χ3v) is 5.01. The smallest absolute Gasteiger partial charge is 0.266 e. The average molecular weight is 337 g/mol. The molecule has 2 heterocycles. The third-order valence-electron chi connectivity index (χ3n) is 3.85. The zero-order valence-electron chi connectivity index (χ0n) is 12.5. The van der Waals surface area contributed by atoms with Crippen molar-refractivity contribution in [1.82, 2.24) is 9.88 Å². The van der Waals surface area contributed by atoms with Crippen LogP contribution in [-0.4, -0.2) is 35.0 Å². The molecule has 4 nitrogen and oxygen atoms in total. The molecule has 116 valence electrons. The number of thiazole rings is 1. The van der Waals surface area contributed by atoms with Crippen LogP contribution in [0.3, 0.4) is 0 Å².